The molecule has 0 aliphatic carbocycles. The topological polar surface area (TPSA) is 71.4 Å². The summed E-state index contributed by atoms with van der Waals surface area (Å²) >= 11 is 0. The molecule has 1 aromatic carbocycles. The zero-order valence-corrected chi connectivity index (χ0v) is 16.0. The lowest BCUT2D eigenvalue weighted by atomic mass is 10.1. The highest BCUT2D eigenvalue weighted by atomic mass is 35.5. The normalized spacial score (nSPS) is 17.4. The minimum absolute atomic E-state index is 0. The molecule has 142 valence electrons. The molecule has 0 bridgehead atoms. The van der Waals surface area contributed by atoms with E-state index in [2.05, 4.69) is 20.5 Å². The molecule has 1 atom stereocenters. The molecule has 3 rings (SSSR count). The molecule has 2 N–H and O–H groups in total. The lowest BCUT2D eigenvalue weighted by Crippen LogP contribution is -2.47. The molecule has 1 aromatic heterocycles. The number of methoxy groups -OCH3 is 1. The number of nitrogens with zero attached hydrogens (tertiary/aromatic N) is 3. The van der Waals surface area contributed by atoms with E-state index in [1.807, 2.05) is 48.3 Å². The van der Waals surface area contributed by atoms with Crippen LogP contribution in [0.1, 0.15) is 18.3 Å². The SMILES string of the molecule is COc1ccc(NC(=O)CCN2CCNCC2c2nccn2C)cc1.Cl. The van der Waals surface area contributed by atoms with Crippen LogP contribution in [-0.4, -0.2) is 53.6 Å². The summed E-state index contributed by atoms with van der Waals surface area (Å²) in [7, 11) is 3.63. The molecule has 0 radical (unpaired) electrons. The molecule has 2 aromatic rings. The summed E-state index contributed by atoms with van der Waals surface area (Å²) in [4.78, 5) is 19.1. The summed E-state index contributed by atoms with van der Waals surface area (Å²) in [5, 5.41) is 6.35. The second kappa shape index (κ2) is 9.56. The van der Waals surface area contributed by atoms with Crippen molar-refractivity contribution in [3.05, 3.63) is 42.5 Å². The van der Waals surface area contributed by atoms with Crippen LogP contribution in [0.2, 0.25) is 0 Å². The summed E-state index contributed by atoms with van der Waals surface area (Å²) in [6, 6.07) is 7.56. The number of imidazole rings is 1. The van der Waals surface area contributed by atoms with Crippen molar-refractivity contribution in [2.24, 2.45) is 7.05 Å². The maximum Gasteiger partial charge on any atom is 0.225 e. The Morgan fingerprint density at radius 2 is 2.15 bits per heavy atom. The van der Waals surface area contributed by atoms with Crippen LogP contribution in [0.4, 0.5) is 5.69 Å². The number of anilines is 1. The molecule has 1 fully saturated rings. The molecule has 26 heavy (non-hydrogen) atoms. The fourth-order valence-corrected chi connectivity index (χ4v) is 3.11. The number of hydrogen-bond donors (Lipinski definition) is 2. The van der Waals surface area contributed by atoms with Crippen LogP contribution in [0.25, 0.3) is 0 Å². The number of carbonyl (C=O) groups is 1. The highest BCUT2D eigenvalue weighted by Gasteiger charge is 2.26. The standard InChI is InChI=1S/C18H25N5O2.ClH/c1-22-11-9-20-18(22)16-13-19-8-12-23(16)10-7-17(24)21-14-3-5-15(25-2)6-4-14;/h3-6,9,11,16,19H,7-8,10,12-13H2,1-2H3,(H,21,24);1H. The van der Waals surface area contributed by atoms with Crippen LogP contribution in [-0.2, 0) is 11.8 Å². The predicted octanol–water partition coefficient (Wildman–Crippen LogP) is 1.83. The van der Waals surface area contributed by atoms with Gasteiger partial charge in [-0.2, -0.15) is 0 Å². The van der Waals surface area contributed by atoms with Crippen LogP contribution in [0.5, 0.6) is 5.75 Å². The zero-order valence-electron chi connectivity index (χ0n) is 15.1. The average molecular weight is 380 g/mol. The highest BCUT2D eigenvalue weighted by Crippen LogP contribution is 2.21. The van der Waals surface area contributed by atoms with E-state index in [-0.39, 0.29) is 24.4 Å². The molecule has 1 amide bonds. The van der Waals surface area contributed by atoms with Gasteiger partial charge < -0.3 is 19.9 Å². The van der Waals surface area contributed by atoms with Gasteiger partial charge in [-0.05, 0) is 24.3 Å². The van der Waals surface area contributed by atoms with Crippen LogP contribution in [0, 0.1) is 0 Å². The molecule has 0 spiro atoms. The second-order valence-electron chi connectivity index (χ2n) is 6.18. The molecular formula is C18H26ClN5O2. The lowest BCUT2D eigenvalue weighted by molar-refractivity contribution is -0.116. The van der Waals surface area contributed by atoms with Crippen LogP contribution < -0.4 is 15.4 Å². The summed E-state index contributed by atoms with van der Waals surface area (Å²) in [6.45, 7) is 3.40. The number of aryl methyl sites for hydroxylation is 1. The smallest absolute Gasteiger partial charge is 0.225 e. The van der Waals surface area contributed by atoms with Gasteiger partial charge in [0.15, 0.2) is 0 Å². The number of benzene rings is 1. The molecule has 7 nitrogen and oxygen atoms in total. The van der Waals surface area contributed by atoms with Crippen molar-refractivity contribution in [1.29, 1.82) is 0 Å². The van der Waals surface area contributed by atoms with Gasteiger partial charge in [0.2, 0.25) is 5.91 Å². The molecule has 2 heterocycles. The fraction of sp³-hybridized carbons (Fsp3) is 0.444. The van der Waals surface area contributed by atoms with Gasteiger partial charge in [-0.3, -0.25) is 9.69 Å². The molecule has 1 aliphatic rings. The first-order chi connectivity index (χ1) is 12.2. The molecule has 8 heteroatoms. The van der Waals surface area contributed by atoms with Crippen LogP contribution in [0.3, 0.4) is 0 Å². The molecule has 1 saturated heterocycles. The fourth-order valence-electron chi connectivity index (χ4n) is 3.11. The van der Waals surface area contributed by atoms with Crippen molar-refractivity contribution in [3.8, 4) is 5.75 Å². The second-order valence-corrected chi connectivity index (χ2v) is 6.18. The predicted molar refractivity (Wildman–Crippen MR) is 104 cm³/mol. The van der Waals surface area contributed by atoms with Crippen LogP contribution in [0.15, 0.2) is 36.7 Å². The number of ether oxygens (including phenoxy) is 1. The van der Waals surface area contributed by atoms with E-state index in [4.69, 9.17) is 4.74 Å². The van der Waals surface area contributed by atoms with Gasteiger partial charge in [-0.25, -0.2) is 4.98 Å². The minimum Gasteiger partial charge on any atom is -0.497 e. The molecule has 1 aliphatic heterocycles. The maximum absolute atomic E-state index is 12.3. The largest absolute Gasteiger partial charge is 0.497 e. The summed E-state index contributed by atoms with van der Waals surface area (Å²) < 4.78 is 7.17. The van der Waals surface area contributed by atoms with E-state index in [1.165, 1.54) is 0 Å². The molecule has 0 saturated carbocycles. The van der Waals surface area contributed by atoms with E-state index < -0.39 is 0 Å². The van der Waals surface area contributed by atoms with Gasteiger partial charge in [0.1, 0.15) is 11.6 Å². The van der Waals surface area contributed by atoms with Gasteiger partial charge in [0.25, 0.3) is 0 Å². The zero-order chi connectivity index (χ0) is 17.6. The van der Waals surface area contributed by atoms with Crippen LogP contribution >= 0.6 is 12.4 Å². The number of halogens is 1. The van der Waals surface area contributed by atoms with Gasteiger partial charge in [-0.1, -0.05) is 0 Å². The molecular weight excluding hydrogens is 354 g/mol. The van der Waals surface area contributed by atoms with Crippen molar-refractivity contribution in [3.63, 3.8) is 0 Å². The quantitative estimate of drug-likeness (QED) is 0.801. The van der Waals surface area contributed by atoms with Gasteiger partial charge in [0, 0.05) is 57.7 Å². The van der Waals surface area contributed by atoms with E-state index in [0.29, 0.717) is 13.0 Å². The van der Waals surface area contributed by atoms with Gasteiger partial charge in [-0.15, -0.1) is 12.4 Å². The third kappa shape index (κ3) is 4.97. The summed E-state index contributed by atoms with van der Waals surface area (Å²) in [6.07, 6.45) is 4.23. The first-order valence-corrected chi connectivity index (χ1v) is 8.53. The van der Waals surface area contributed by atoms with Gasteiger partial charge in [0.05, 0.1) is 13.2 Å². The monoisotopic (exact) mass is 379 g/mol. The van der Waals surface area contributed by atoms with Crippen molar-refractivity contribution in [2.45, 2.75) is 12.5 Å². The number of hydrogen-bond acceptors (Lipinski definition) is 5. The number of carbonyl (C=O) groups excluding carboxylic acids is 1. The number of amides is 1. The van der Waals surface area contributed by atoms with Crippen molar-refractivity contribution in [1.82, 2.24) is 19.8 Å². The van der Waals surface area contributed by atoms with Crippen molar-refractivity contribution < 1.29 is 9.53 Å². The van der Waals surface area contributed by atoms with E-state index >= 15 is 0 Å². The minimum atomic E-state index is 0. The Morgan fingerprint density at radius 1 is 1.38 bits per heavy atom. The van der Waals surface area contributed by atoms with E-state index in [1.54, 1.807) is 7.11 Å². The third-order valence-corrected chi connectivity index (χ3v) is 4.51. The number of rotatable bonds is 6. The first kappa shape index (κ1) is 20.2. The Labute approximate surface area is 160 Å². The maximum atomic E-state index is 12.3. The average Bonchev–Trinajstić information content (AvgIpc) is 3.06. The number of nitrogens with one attached hydrogen (secondary N) is 2. The Kier molecular flexibility index (Phi) is 7.44. The Hall–Kier alpha value is -2.09. The number of piperazine rings is 1. The Morgan fingerprint density at radius 3 is 2.81 bits per heavy atom. The first-order valence-electron chi connectivity index (χ1n) is 8.53. The van der Waals surface area contributed by atoms with Crippen molar-refractivity contribution in [2.75, 3.05) is 38.6 Å². The Balaban J connectivity index is 0.00000243. The molecule has 1 unspecified atom stereocenters. The lowest BCUT2D eigenvalue weighted by Gasteiger charge is -2.35. The summed E-state index contributed by atoms with van der Waals surface area (Å²) in [5.74, 6) is 1.82. The summed E-state index contributed by atoms with van der Waals surface area (Å²) in [5.41, 5.74) is 0.784. The third-order valence-electron chi connectivity index (χ3n) is 4.51. The van der Waals surface area contributed by atoms with E-state index in [0.717, 1.165) is 36.9 Å². The Bertz CT molecular complexity index is 704. The number of aromatic nitrogens is 2. The van der Waals surface area contributed by atoms with Gasteiger partial charge >= 0.3 is 0 Å². The van der Waals surface area contributed by atoms with E-state index in [9.17, 15) is 4.79 Å². The highest BCUT2D eigenvalue weighted by molar-refractivity contribution is 5.90. The van der Waals surface area contributed by atoms with Crippen molar-refractivity contribution >= 4 is 24.0 Å².